The largest absolute Gasteiger partial charge is 0.339 e. The second kappa shape index (κ2) is 11.2. The first-order chi connectivity index (χ1) is 17.7. The Bertz CT molecular complexity index is 1420. The molecule has 1 aliphatic rings. The van der Waals surface area contributed by atoms with Gasteiger partial charge in [0.05, 0.1) is 16.1 Å². The van der Waals surface area contributed by atoms with E-state index in [2.05, 4.69) is 10.0 Å². The Morgan fingerprint density at radius 1 is 0.784 bits per heavy atom. The number of para-hydroxylation sites is 1. The van der Waals surface area contributed by atoms with Crippen LogP contribution in [0.15, 0.2) is 65.6 Å². The van der Waals surface area contributed by atoms with Crippen LogP contribution in [0.5, 0.6) is 0 Å². The van der Waals surface area contributed by atoms with Crippen molar-refractivity contribution in [1.82, 2.24) is 4.90 Å². The maximum Gasteiger partial charge on any atom is 0.262 e. The lowest BCUT2D eigenvalue weighted by Crippen LogP contribution is -2.32. The van der Waals surface area contributed by atoms with Gasteiger partial charge in [-0.25, -0.2) is 8.42 Å². The van der Waals surface area contributed by atoms with Gasteiger partial charge in [0.25, 0.3) is 21.8 Å². The average Bonchev–Trinajstić information content (AvgIpc) is 3.16. The van der Waals surface area contributed by atoms with E-state index in [1.165, 1.54) is 6.07 Å². The lowest BCUT2D eigenvalue weighted by molar-refractivity contribution is 0.0762. The summed E-state index contributed by atoms with van der Waals surface area (Å²) in [5.74, 6) is -0.596. The van der Waals surface area contributed by atoms with Crippen molar-refractivity contribution >= 4 is 33.2 Å². The van der Waals surface area contributed by atoms with Crippen LogP contribution in [0.1, 0.15) is 63.1 Å². The van der Waals surface area contributed by atoms with Crippen LogP contribution in [0.4, 0.5) is 11.4 Å². The molecule has 1 heterocycles. The molecular weight excluding hydrogens is 486 g/mol. The Morgan fingerprint density at radius 2 is 1.46 bits per heavy atom. The van der Waals surface area contributed by atoms with Crippen molar-refractivity contribution in [2.75, 3.05) is 23.1 Å². The number of aryl methyl sites for hydroxylation is 3. The molecule has 2 amide bonds. The summed E-state index contributed by atoms with van der Waals surface area (Å²) in [6, 6.07) is 16.8. The molecule has 3 aromatic carbocycles. The number of carbonyl (C=O) groups excluding carboxylic acids is 2. The van der Waals surface area contributed by atoms with Gasteiger partial charge in [-0.05, 0) is 86.7 Å². The summed E-state index contributed by atoms with van der Waals surface area (Å²) < 4.78 is 29.0. The summed E-state index contributed by atoms with van der Waals surface area (Å²) in [7, 11) is -3.93. The fourth-order valence-corrected chi connectivity index (χ4v) is 5.78. The number of nitrogens with one attached hydrogen (secondary N) is 2. The minimum Gasteiger partial charge on any atom is -0.339 e. The standard InChI is InChI=1S/C29H33N3O4S/c1-20-13-15-24(18-22(20)3)31-37(35,36)27-19-23(14-12-21(27)2)28(33)30-26-11-7-6-10-25(26)29(34)32-16-8-4-5-9-17-32/h6-7,10-15,18-19,31H,4-5,8-9,16-17H2,1-3H3,(H,30,33). The van der Waals surface area contributed by atoms with Crippen LogP contribution >= 0.6 is 0 Å². The first kappa shape index (κ1) is 26.4. The Balaban J connectivity index is 1.57. The number of likely N-dealkylation sites (tertiary alicyclic amines) is 1. The van der Waals surface area contributed by atoms with Crippen molar-refractivity contribution in [3.63, 3.8) is 0 Å². The summed E-state index contributed by atoms with van der Waals surface area (Å²) in [6.07, 6.45) is 4.16. The van der Waals surface area contributed by atoms with Crippen LogP contribution in [-0.4, -0.2) is 38.2 Å². The number of anilines is 2. The number of sulfonamides is 1. The van der Waals surface area contributed by atoms with Crippen LogP contribution in [0.2, 0.25) is 0 Å². The molecule has 37 heavy (non-hydrogen) atoms. The molecule has 0 aromatic heterocycles. The SMILES string of the molecule is Cc1ccc(NS(=O)(=O)c2cc(C(=O)Nc3ccccc3C(=O)N3CCCCCC3)ccc2C)cc1C. The van der Waals surface area contributed by atoms with Crippen molar-refractivity contribution in [3.8, 4) is 0 Å². The zero-order chi connectivity index (χ0) is 26.6. The van der Waals surface area contributed by atoms with Crippen molar-refractivity contribution in [3.05, 3.63) is 88.5 Å². The predicted octanol–water partition coefficient (Wildman–Crippen LogP) is 5.68. The van der Waals surface area contributed by atoms with E-state index in [4.69, 9.17) is 0 Å². The molecule has 0 saturated carbocycles. The van der Waals surface area contributed by atoms with Crippen molar-refractivity contribution in [1.29, 1.82) is 0 Å². The van der Waals surface area contributed by atoms with Gasteiger partial charge >= 0.3 is 0 Å². The zero-order valence-electron chi connectivity index (χ0n) is 21.5. The minimum atomic E-state index is -3.93. The molecule has 0 aliphatic carbocycles. The van der Waals surface area contributed by atoms with Gasteiger partial charge in [0.1, 0.15) is 0 Å². The Kier molecular flexibility index (Phi) is 7.97. The van der Waals surface area contributed by atoms with Crippen LogP contribution in [-0.2, 0) is 10.0 Å². The number of benzene rings is 3. The van der Waals surface area contributed by atoms with Crippen LogP contribution in [0.3, 0.4) is 0 Å². The molecule has 0 radical (unpaired) electrons. The number of rotatable bonds is 6. The van der Waals surface area contributed by atoms with Crippen LogP contribution in [0, 0.1) is 20.8 Å². The molecule has 194 valence electrons. The van der Waals surface area contributed by atoms with Gasteiger partial charge in [-0.1, -0.05) is 37.1 Å². The van der Waals surface area contributed by atoms with Gasteiger partial charge in [-0.2, -0.15) is 0 Å². The number of nitrogens with zero attached hydrogens (tertiary/aromatic N) is 1. The third-order valence-corrected chi connectivity index (χ3v) is 8.32. The second-order valence-electron chi connectivity index (χ2n) is 9.59. The summed E-state index contributed by atoms with van der Waals surface area (Å²) in [6.45, 7) is 6.96. The van der Waals surface area contributed by atoms with Gasteiger partial charge in [0.2, 0.25) is 0 Å². The summed E-state index contributed by atoms with van der Waals surface area (Å²) in [5.41, 5.74) is 4.02. The molecule has 0 spiro atoms. The Hall–Kier alpha value is -3.65. The Morgan fingerprint density at radius 3 is 2.16 bits per heavy atom. The first-order valence-corrected chi connectivity index (χ1v) is 14.0. The van der Waals surface area contributed by atoms with Gasteiger partial charge in [-0.15, -0.1) is 0 Å². The topological polar surface area (TPSA) is 95.6 Å². The zero-order valence-corrected chi connectivity index (χ0v) is 22.3. The van der Waals surface area contributed by atoms with Gasteiger partial charge in [-0.3, -0.25) is 14.3 Å². The fraction of sp³-hybridized carbons (Fsp3) is 0.310. The second-order valence-corrected chi connectivity index (χ2v) is 11.2. The van der Waals surface area contributed by atoms with E-state index in [1.807, 2.05) is 24.8 Å². The van der Waals surface area contributed by atoms with Gasteiger partial charge in [0, 0.05) is 24.3 Å². The minimum absolute atomic E-state index is 0.0207. The average molecular weight is 520 g/mol. The van der Waals surface area contributed by atoms with Crippen LogP contribution in [0.25, 0.3) is 0 Å². The van der Waals surface area contributed by atoms with Crippen molar-refractivity contribution < 1.29 is 18.0 Å². The molecule has 1 aliphatic heterocycles. The monoisotopic (exact) mass is 519 g/mol. The van der Waals surface area contributed by atoms with Crippen molar-refractivity contribution in [2.45, 2.75) is 51.3 Å². The molecule has 7 nitrogen and oxygen atoms in total. The molecule has 1 saturated heterocycles. The highest BCUT2D eigenvalue weighted by molar-refractivity contribution is 7.92. The number of carbonyl (C=O) groups is 2. The van der Waals surface area contributed by atoms with E-state index in [0.717, 1.165) is 36.8 Å². The first-order valence-electron chi connectivity index (χ1n) is 12.6. The maximum absolute atomic E-state index is 13.2. The molecule has 0 unspecified atom stereocenters. The Labute approximate surface area is 218 Å². The van der Waals surface area contributed by atoms with E-state index < -0.39 is 15.9 Å². The summed E-state index contributed by atoms with van der Waals surface area (Å²) in [4.78, 5) is 28.3. The predicted molar refractivity (Wildman–Crippen MR) is 147 cm³/mol. The maximum atomic E-state index is 13.2. The lowest BCUT2D eigenvalue weighted by atomic mass is 10.1. The van der Waals surface area contributed by atoms with E-state index >= 15 is 0 Å². The van der Waals surface area contributed by atoms with E-state index in [-0.39, 0.29) is 16.4 Å². The van der Waals surface area contributed by atoms with Crippen molar-refractivity contribution in [2.24, 2.45) is 0 Å². The molecule has 1 fully saturated rings. The summed E-state index contributed by atoms with van der Waals surface area (Å²) >= 11 is 0. The van der Waals surface area contributed by atoms with E-state index in [0.29, 0.717) is 35.6 Å². The van der Waals surface area contributed by atoms with Gasteiger partial charge < -0.3 is 10.2 Å². The number of amides is 2. The third-order valence-electron chi connectivity index (χ3n) is 6.80. The molecule has 8 heteroatoms. The highest BCUT2D eigenvalue weighted by atomic mass is 32.2. The highest BCUT2D eigenvalue weighted by Gasteiger charge is 2.23. The smallest absolute Gasteiger partial charge is 0.262 e. The van der Waals surface area contributed by atoms with Gasteiger partial charge in [0.15, 0.2) is 0 Å². The molecule has 0 atom stereocenters. The van der Waals surface area contributed by atoms with E-state index in [9.17, 15) is 18.0 Å². The van der Waals surface area contributed by atoms with Crippen LogP contribution < -0.4 is 10.0 Å². The fourth-order valence-electron chi connectivity index (χ4n) is 4.46. The lowest BCUT2D eigenvalue weighted by Gasteiger charge is -2.22. The normalized spacial score (nSPS) is 14.1. The van der Waals surface area contributed by atoms with E-state index in [1.54, 1.807) is 55.5 Å². The highest BCUT2D eigenvalue weighted by Crippen LogP contribution is 2.24. The molecule has 4 rings (SSSR count). The molecular formula is C29H33N3O4S. The quantitative estimate of drug-likeness (QED) is 0.438. The summed E-state index contributed by atoms with van der Waals surface area (Å²) in [5, 5.41) is 2.82. The molecule has 3 aromatic rings. The number of hydrogen-bond acceptors (Lipinski definition) is 4. The number of hydrogen-bond donors (Lipinski definition) is 2. The molecule has 0 bridgehead atoms. The third kappa shape index (κ3) is 6.20. The molecule has 2 N–H and O–H groups in total.